The van der Waals surface area contributed by atoms with Crippen molar-refractivity contribution in [3.05, 3.63) is 29.8 Å². The van der Waals surface area contributed by atoms with Crippen molar-refractivity contribution in [2.24, 2.45) is 5.73 Å². The number of nitrogens with one attached hydrogen (secondary N) is 2. The van der Waals surface area contributed by atoms with E-state index in [9.17, 15) is 4.79 Å². The maximum atomic E-state index is 11.8. The second kappa shape index (κ2) is 14.1. The molecule has 2 heterocycles. The largest absolute Gasteiger partial charge is 0.378 e. The van der Waals surface area contributed by atoms with E-state index in [2.05, 4.69) is 58.5 Å². The molecule has 1 aliphatic heterocycles. The molecular weight excluding hydrogens is 458 g/mol. The van der Waals surface area contributed by atoms with Gasteiger partial charge in [-0.3, -0.25) is 4.79 Å². The summed E-state index contributed by atoms with van der Waals surface area (Å²) in [6.07, 6.45) is 2.45. The molecule has 1 aromatic carbocycles. The molecule has 0 bridgehead atoms. The van der Waals surface area contributed by atoms with E-state index in [1.54, 1.807) is 0 Å². The van der Waals surface area contributed by atoms with Gasteiger partial charge in [0.15, 0.2) is 5.82 Å². The number of carbonyl (C=O) groups excluding carboxylic acids is 1. The minimum Gasteiger partial charge on any atom is -0.378 e. The number of anilines is 2. The van der Waals surface area contributed by atoms with E-state index < -0.39 is 0 Å². The number of likely N-dealkylation sites (tertiary alicyclic amines) is 1. The van der Waals surface area contributed by atoms with E-state index >= 15 is 0 Å². The lowest BCUT2D eigenvalue weighted by molar-refractivity contribution is -0.127. The molecule has 1 saturated heterocycles. The molecule has 198 valence electrons. The van der Waals surface area contributed by atoms with Gasteiger partial charge in [0.25, 0.3) is 0 Å². The minimum absolute atomic E-state index is 0.0726. The predicted octanol–water partition coefficient (Wildman–Crippen LogP) is 2.66. The summed E-state index contributed by atoms with van der Waals surface area (Å²) < 4.78 is 10.9. The van der Waals surface area contributed by atoms with Crippen LogP contribution in [0.1, 0.15) is 45.6 Å². The van der Waals surface area contributed by atoms with Crippen LogP contribution in [0.5, 0.6) is 0 Å². The Kier molecular flexibility index (Phi) is 10.8. The molecule has 10 heteroatoms. The normalized spacial score (nSPS) is 13.9. The van der Waals surface area contributed by atoms with Gasteiger partial charge in [-0.25, -0.2) is 0 Å². The SMILES string of the molecule is CC(C)(C)c1ccc(-c2nc(NCCCN3CCCC3=O)nc(NCCOCCOCCN)n2)cc1. The van der Waals surface area contributed by atoms with E-state index in [1.165, 1.54) is 5.56 Å². The van der Waals surface area contributed by atoms with Crippen LogP contribution in [0.4, 0.5) is 11.9 Å². The molecule has 0 unspecified atom stereocenters. The zero-order valence-corrected chi connectivity index (χ0v) is 21.9. The maximum Gasteiger partial charge on any atom is 0.228 e. The summed E-state index contributed by atoms with van der Waals surface area (Å²) >= 11 is 0. The van der Waals surface area contributed by atoms with Gasteiger partial charge in [0, 0.05) is 44.7 Å². The highest BCUT2D eigenvalue weighted by Gasteiger charge is 2.19. The Bertz CT molecular complexity index is 948. The van der Waals surface area contributed by atoms with Crippen LogP contribution in [-0.4, -0.2) is 84.9 Å². The third-order valence-electron chi connectivity index (χ3n) is 5.87. The lowest BCUT2D eigenvalue weighted by atomic mass is 9.87. The van der Waals surface area contributed by atoms with Gasteiger partial charge in [0.1, 0.15) is 0 Å². The summed E-state index contributed by atoms with van der Waals surface area (Å²) in [5.41, 5.74) is 7.65. The molecule has 1 amide bonds. The highest BCUT2D eigenvalue weighted by atomic mass is 16.5. The van der Waals surface area contributed by atoms with Gasteiger partial charge in [-0.15, -0.1) is 0 Å². The van der Waals surface area contributed by atoms with Crippen LogP contribution in [0, 0.1) is 0 Å². The highest BCUT2D eigenvalue weighted by Crippen LogP contribution is 2.25. The fraction of sp³-hybridized carbons (Fsp3) is 0.615. The van der Waals surface area contributed by atoms with Crippen molar-refractivity contribution in [2.45, 2.75) is 45.4 Å². The van der Waals surface area contributed by atoms with E-state index in [-0.39, 0.29) is 11.3 Å². The Hall–Kier alpha value is -2.82. The predicted molar refractivity (Wildman–Crippen MR) is 142 cm³/mol. The van der Waals surface area contributed by atoms with Crippen molar-refractivity contribution in [1.29, 1.82) is 0 Å². The van der Waals surface area contributed by atoms with Crippen LogP contribution >= 0.6 is 0 Å². The van der Waals surface area contributed by atoms with E-state index in [0.717, 1.165) is 31.5 Å². The molecule has 0 saturated carbocycles. The molecule has 36 heavy (non-hydrogen) atoms. The number of hydrogen-bond acceptors (Lipinski definition) is 9. The molecule has 1 aromatic heterocycles. The number of hydrogen-bond donors (Lipinski definition) is 3. The first-order chi connectivity index (χ1) is 17.4. The standard InChI is InChI=1S/C26H41N7O3/c1-26(2,3)21-9-7-20(8-10-21)23-30-24(28-12-5-15-33-14-4-6-22(33)34)32-25(31-23)29-13-17-36-19-18-35-16-11-27/h7-10H,4-6,11-19,27H2,1-3H3,(H2,28,29,30,31,32). The van der Waals surface area contributed by atoms with Gasteiger partial charge in [-0.1, -0.05) is 45.0 Å². The molecule has 2 aromatic rings. The first kappa shape index (κ1) is 27.8. The quantitative estimate of drug-likeness (QED) is 0.317. The first-order valence-corrected chi connectivity index (χ1v) is 12.8. The number of carbonyl (C=O) groups is 1. The molecule has 3 rings (SSSR count). The summed E-state index contributed by atoms with van der Waals surface area (Å²) in [7, 11) is 0. The van der Waals surface area contributed by atoms with E-state index in [1.807, 2.05) is 17.0 Å². The van der Waals surface area contributed by atoms with Crippen LogP contribution in [0.2, 0.25) is 0 Å². The van der Waals surface area contributed by atoms with E-state index in [4.69, 9.17) is 15.2 Å². The van der Waals surface area contributed by atoms with Gasteiger partial charge < -0.3 is 30.7 Å². The van der Waals surface area contributed by atoms with Gasteiger partial charge >= 0.3 is 0 Å². The van der Waals surface area contributed by atoms with Crippen LogP contribution < -0.4 is 16.4 Å². The number of nitrogens with two attached hydrogens (primary N) is 1. The minimum atomic E-state index is 0.0726. The number of benzene rings is 1. The summed E-state index contributed by atoms with van der Waals surface area (Å²) in [6, 6.07) is 8.33. The average Bonchev–Trinajstić information content (AvgIpc) is 3.27. The summed E-state index contributed by atoms with van der Waals surface area (Å²) in [6.45, 7) is 12.0. The third-order valence-corrected chi connectivity index (χ3v) is 5.87. The Morgan fingerprint density at radius 1 is 0.944 bits per heavy atom. The molecule has 10 nitrogen and oxygen atoms in total. The molecule has 0 atom stereocenters. The number of ether oxygens (including phenoxy) is 2. The Labute approximate surface area is 214 Å². The van der Waals surface area contributed by atoms with Crippen molar-refractivity contribution in [1.82, 2.24) is 19.9 Å². The monoisotopic (exact) mass is 499 g/mol. The maximum absolute atomic E-state index is 11.8. The fourth-order valence-corrected chi connectivity index (χ4v) is 3.83. The second-order valence-corrected chi connectivity index (χ2v) is 9.84. The smallest absolute Gasteiger partial charge is 0.228 e. The van der Waals surface area contributed by atoms with Crippen LogP contribution in [0.3, 0.4) is 0 Å². The molecular formula is C26H41N7O3. The topological polar surface area (TPSA) is 128 Å². The van der Waals surface area contributed by atoms with Crippen molar-refractivity contribution in [3.8, 4) is 11.4 Å². The lowest BCUT2D eigenvalue weighted by Crippen LogP contribution is -2.27. The summed E-state index contributed by atoms with van der Waals surface area (Å²) in [5.74, 6) is 1.84. The van der Waals surface area contributed by atoms with Crippen molar-refractivity contribution >= 4 is 17.8 Å². The van der Waals surface area contributed by atoms with E-state index in [0.29, 0.717) is 70.2 Å². The number of amides is 1. The van der Waals surface area contributed by atoms with Crippen LogP contribution in [0.15, 0.2) is 24.3 Å². The van der Waals surface area contributed by atoms with Crippen molar-refractivity contribution in [2.75, 3.05) is 69.8 Å². The van der Waals surface area contributed by atoms with Crippen LogP contribution in [0.25, 0.3) is 11.4 Å². The van der Waals surface area contributed by atoms with Crippen molar-refractivity contribution < 1.29 is 14.3 Å². The molecule has 1 aliphatic rings. The first-order valence-electron chi connectivity index (χ1n) is 12.8. The second-order valence-electron chi connectivity index (χ2n) is 9.84. The molecule has 0 spiro atoms. The van der Waals surface area contributed by atoms with Crippen LogP contribution in [-0.2, 0) is 19.7 Å². The average molecular weight is 500 g/mol. The Morgan fingerprint density at radius 2 is 1.61 bits per heavy atom. The fourth-order valence-electron chi connectivity index (χ4n) is 3.83. The summed E-state index contributed by atoms with van der Waals surface area (Å²) in [5, 5.41) is 6.53. The number of rotatable bonds is 15. The number of nitrogens with zero attached hydrogens (tertiary/aromatic N) is 4. The zero-order valence-electron chi connectivity index (χ0n) is 21.9. The lowest BCUT2D eigenvalue weighted by Gasteiger charge is -2.19. The summed E-state index contributed by atoms with van der Waals surface area (Å²) in [4.78, 5) is 27.6. The van der Waals surface area contributed by atoms with Gasteiger partial charge in [0.2, 0.25) is 17.8 Å². The molecule has 0 radical (unpaired) electrons. The molecule has 1 fully saturated rings. The Morgan fingerprint density at radius 3 is 2.22 bits per heavy atom. The van der Waals surface area contributed by atoms with Gasteiger partial charge in [0.05, 0.1) is 26.4 Å². The van der Waals surface area contributed by atoms with Crippen molar-refractivity contribution in [3.63, 3.8) is 0 Å². The highest BCUT2D eigenvalue weighted by molar-refractivity contribution is 5.78. The third kappa shape index (κ3) is 9.00. The molecule has 0 aliphatic carbocycles. The van der Waals surface area contributed by atoms with Gasteiger partial charge in [-0.05, 0) is 23.8 Å². The molecule has 4 N–H and O–H groups in total. The van der Waals surface area contributed by atoms with Gasteiger partial charge in [-0.2, -0.15) is 15.0 Å². The zero-order chi connectivity index (χ0) is 25.8. The Balaban J connectivity index is 1.60. The number of aromatic nitrogens is 3.